The summed E-state index contributed by atoms with van der Waals surface area (Å²) in [4.78, 5) is 26.1. The van der Waals surface area contributed by atoms with Crippen molar-refractivity contribution in [2.45, 2.75) is 154 Å². The van der Waals surface area contributed by atoms with Gasteiger partial charge >= 0.3 is 11.9 Å². The van der Waals surface area contributed by atoms with Crippen molar-refractivity contribution >= 4 is 43.8 Å². The number of esters is 2. The largest absolute Gasteiger partial charge is 0.487 e. The Morgan fingerprint density at radius 1 is 0.558 bits per heavy atom. The predicted molar refractivity (Wildman–Crippen MR) is 207 cm³/mol. The molecule has 2 saturated carbocycles. The first-order valence-corrected chi connectivity index (χ1v) is 20.6. The van der Waals surface area contributed by atoms with E-state index in [1.54, 1.807) is 27.7 Å². The smallest absolute Gasteiger partial charge is 0.345 e. The third kappa shape index (κ3) is 5.95. The SMILES string of the molecule is Cc1cc2c(c3c1C(=O)OC(C)(C)O3)C[C@@H]1C(C)(C)[C@H](Br)CC[C@@]1(C)O2.Cc1cc2c(c3c1C(=O)OC(C)(C)O3)C[C@H]1C(C)(C)[C@@H](Br)CC[C@]1(C)O2. The Hall–Kier alpha value is -2.46. The third-order valence-electron chi connectivity index (χ3n) is 13.0. The minimum atomic E-state index is -0.966. The van der Waals surface area contributed by atoms with Gasteiger partial charge < -0.3 is 28.4 Å². The van der Waals surface area contributed by atoms with Gasteiger partial charge in [-0.3, -0.25) is 0 Å². The number of carbonyl (C=O) groups excluding carboxylic acids is 2. The second kappa shape index (κ2) is 12.0. The zero-order valence-electron chi connectivity index (χ0n) is 32.7. The Bertz CT molecular complexity index is 1730. The molecule has 0 spiro atoms. The lowest BCUT2D eigenvalue weighted by atomic mass is 9.59. The highest BCUT2D eigenvalue weighted by molar-refractivity contribution is 9.09. The van der Waals surface area contributed by atoms with E-state index in [4.69, 9.17) is 28.4 Å². The molecule has 284 valence electrons. The maximum Gasteiger partial charge on any atom is 0.345 e. The zero-order valence-corrected chi connectivity index (χ0v) is 35.9. The molecule has 4 aliphatic heterocycles. The van der Waals surface area contributed by atoms with Gasteiger partial charge in [-0.1, -0.05) is 59.6 Å². The fourth-order valence-electron chi connectivity index (χ4n) is 10.0. The van der Waals surface area contributed by atoms with E-state index in [0.717, 1.165) is 72.3 Å². The van der Waals surface area contributed by atoms with Crippen molar-refractivity contribution < 1.29 is 38.0 Å². The van der Waals surface area contributed by atoms with Gasteiger partial charge in [-0.25, -0.2) is 9.59 Å². The normalized spacial score (nSPS) is 33.7. The second-order valence-electron chi connectivity index (χ2n) is 18.5. The number of benzene rings is 2. The molecule has 10 heteroatoms. The van der Waals surface area contributed by atoms with Crippen molar-refractivity contribution in [3.05, 3.63) is 45.5 Å². The van der Waals surface area contributed by atoms with Crippen molar-refractivity contribution in [1.82, 2.24) is 0 Å². The minimum absolute atomic E-state index is 0.0765. The molecule has 2 aromatic carbocycles. The summed E-state index contributed by atoms with van der Waals surface area (Å²) in [6.45, 7) is 24.6. The number of fused-ring (bicyclic) bond motifs is 8. The number of halogens is 2. The van der Waals surface area contributed by atoms with Crippen LogP contribution in [0.1, 0.15) is 138 Å². The first-order valence-electron chi connectivity index (χ1n) is 18.7. The Morgan fingerprint density at radius 3 is 1.25 bits per heavy atom. The molecule has 8 rings (SSSR count). The molecular formula is C42H54Br2O8. The standard InChI is InChI=1S/2C21H27BrO4/c2*1-11-9-13-12(17-16(11)18(23)26-20(4,5)25-17)10-14-19(2,3)15(22)7-8-21(14,6)24-13/h2*9,14-15H,7-8,10H2,1-6H3/t2*14-,15-,21-/m10/s1. The van der Waals surface area contributed by atoms with Crippen LogP contribution in [0.25, 0.3) is 0 Å². The summed E-state index contributed by atoms with van der Waals surface area (Å²) in [6, 6.07) is 3.96. The van der Waals surface area contributed by atoms with Gasteiger partial charge in [0.2, 0.25) is 11.6 Å². The van der Waals surface area contributed by atoms with Crippen LogP contribution < -0.4 is 18.9 Å². The van der Waals surface area contributed by atoms with Crippen molar-refractivity contribution in [3.8, 4) is 23.0 Å². The van der Waals surface area contributed by atoms with E-state index in [-0.39, 0.29) is 34.0 Å². The van der Waals surface area contributed by atoms with E-state index in [2.05, 4.69) is 73.4 Å². The number of rotatable bonds is 0. The highest BCUT2D eigenvalue weighted by Gasteiger charge is 2.57. The van der Waals surface area contributed by atoms with Crippen LogP contribution in [0.2, 0.25) is 0 Å². The Kier molecular flexibility index (Phi) is 8.75. The number of hydrogen-bond donors (Lipinski definition) is 0. The third-order valence-corrected chi connectivity index (χ3v) is 16.3. The molecule has 0 saturated heterocycles. The highest BCUT2D eigenvalue weighted by atomic mass is 79.9. The van der Waals surface area contributed by atoms with Gasteiger partial charge in [0.15, 0.2) is 0 Å². The van der Waals surface area contributed by atoms with Gasteiger partial charge in [-0.2, -0.15) is 0 Å². The van der Waals surface area contributed by atoms with Gasteiger partial charge in [0.1, 0.15) is 45.3 Å². The molecule has 2 aliphatic carbocycles. The van der Waals surface area contributed by atoms with Crippen LogP contribution in [0, 0.1) is 36.5 Å². The Labute approximate surface area is 325 Å². The fraction of sp³-hybridized carbons (Fsp3) is 0.667. The number of aryl methyl sites for hydroxylation is 2. The fourth-order valence-corrected chi connectivity index (χ4v) is 11.1. The Balaban J connectivity index is 0.000000162. The number of carbonyl (C=O) groups is 2. The molecule has 6 aliphatic rings. The van der Waals surface area contributed by atoms with Crippen LogP contribution in [-0.4, -0.2) is 44.4 Å². The maximum atomic E-state index is 12.6. The second-order valence-corrected chi connectivity index (χ2v) is 20.7. The van der Waals surface area contributed by atoms with Crippen LogP contribution in [0.4, 0.5) is 0 Å². The molecule has 2 aromatic rings. The molecule has 2 fully saturated rings. The minimum Gasteiger partial charge on any atom is -0.487 e. The van der Waals surface area contributed by atoms with Crippen LogP contribution in [0.3, 0.4) is 0 Å². The average molecular weight is 847 g/mol. The van der Waals surface area contributed by atoms with Crippen molar-refractivity contribution in [3.63, 3.8) is 0 Å². The lowest BCUT2D eigenvalue weighted by molar-refractivity contribution is -0.131. The van der Waals surface area contributed by atoms with E-state index in [1.165, 1.54) is 0 Å². The molecule has 0 aromatic heterocycles. The van der Waals surface area contributed by atoms with Crippen LogP contribution >= 0.6 is 31.9 Å². The van der Waals surface area contributed by atoms with E-state index in [9.17, 15) is 9.59 Å². The summed E-state index contributed by atoms with van der Waals surface area (Å²) in [5.74, 6) is 1.11. The quantitative estimate of drug-likeness (QED) is 0.191. The van der Waals surface area contributed by atoms with Crippen LogP contribution in [0.5, 0.6) is 23.0 Å². The summed E-state index contributed by atoms with van der Waals surface area (Å²) in [5, 5.41) is 0. The molecule has 0 N–H and O–H groups in total. The van der Waals surface area contributed by atoms with E-state index in [0.29, 0.717) is 44.1 Å². The molecule has 52 heavy (non-hydrogen) atoms. The summed E-state index contributed by atoms with van der Waals surface area (Å²) in [5.41, 5.74) is 4.53. The first kappa shape index (κ1) is 37.8. The molecule has 0 unspecified atom stereocenters. The Morgan fingerprint density at radius 2 is 0.904 bits per heavy atom. The van der Waals surface area contributed by atoms with Gasteiger partial charge in [0.05, 0.1) is 0 Å². The van der Waals surface area contributed by atoms with Crippen molar-refractivity contribution in [2.24, 2.45) is 22.7 Å². The van der Waals surface area contributed by atoms with E-state index >= 15 is 0 Å². The summed E-state index contributed by atoms with van der Waals surface area (Å²) in [7, 11) is 0. The van der Waals surface area contributed by atoms with Gasteiger partial charge in [0.25, 0.3) is 0 Å². The van der Waals surface area contributed by atoms with Gasteiger partial charge in [0, 0.05) is 60.3 Å². The summed E-state index contributed by atoms with van der Waals surface area (Å²) in [6.07, 6.45) is 5.89. The van der Waals surface area contributed by atoms with Crippen LogP contribution in [-0.2, 0) is 22.3 Å². The van der Waals surface area contributed by atoms with Crippen molar-refractivity contribution in [1.29, 1.82) is 0 Å². The van der Waals surface area contributed by atoms with Crippen LogP contribution in [0.15, 0.2) is 12.1 Å². The molecule has 6 atom stereocenters. The number of hydrogen-bond acceptors (Lipinski definition) is 8. The molecular weight excluding hydrogens is 792 g/mol. The van der Waals surface area contributed by atoms with Gasteiger partial charge in [-0.15, -0.1) is 0 Å². The lowest BCUT2D eigenvalue weighted by Gasteiger charge is -2.55. The van der Waals surface area contributed by atoms with Gasteiger partial charge in [-0.05, 0) is 100 Å². The van der Waals surface area contributed by atoms with E-state index in [1.807, 2.05) is 26.0 Å². The molecule has 4 heterocycles. The molecule has 0 bridgehead atoms. The predicted octanol–water partition coefficient (Wildman–Crippen LogP) is 10.3. The number of ether oxygens (including phenoxy) is 6. The molecule has 0 amide bonds. The van der Waals surface area contributed by atoms with Crippen molar-refractivity contribution in [2.75, 3.05) is 0 Å². The summed E-state index contributed by atoms with van der Waals surface area (Å²) >= 11 is 7.78. The zero-order chi connectivity index (χ0) is 38.1. The topological polar surface area (TPSA) is 89.5 Å². The lowest BCUT2D eigenvalue weighted by Crippen LogP contribution is -2.57. The molecule has 8 nitrogen and oxygen atoms in total. The monoisotopic (exact) mass is 844 g/mol. The first-order chi connectivity index (χ1) is 23.9. The average Bonchev–Trinajstić information content (AvgIpc) is 2.99. The van der Waals surface area contributed by atoms with E-state index < -0.39 is 11.6 Å². The molecule has 0 radical (unpaired) electrons. The maximum absolute atomic E-state index is 12.6. The highest BCUT2D eigenvalue weighted by Crippen LogP contribution is 2.59. The number of cyclic esters (lactones) is 2. The summed E-state index contributed by atoms with van der Waals surface area (Å²) < 4.78 is 36.4. The number of alkyl halides is 2.